The molecule has 4 heteroatoms. The fourth-order valence-corrected chi connectivity index (χ4v) is 1.92. The van der Waals surface area contributed by atoms with E-state index in [-0.39, 0.29) is 11.5 Å². The van der Waals surface area contributed by atoms with Crippen LogP contribution in [-0.4, -0.2) is 11.9 Å². The van der Waals surface area contributed by atoms with Crippen molar-refractivity contribution < 1.29 is 13.9 Å². The van der Waals surface area contributed by atoms with E-state index in [0.717, 1.165) is 5.56 Å². The minimum absolute atomic E-state index is 0.0832. The van der Waals surface area contributed by atoms with Gasteiger partial charge in [-0.05, 0) is 55.8 Å². The number of halogens is 2. The number of ketones is 1. The molecule has 2 rings (SSSR count). The monoisotopic (exact) mass is 292 g/mol. The number of rotatable bonds is 4. The Kier molecular flexibility index (Phi) is 4.40. The van der Waals surface area contributed by atoms with Crippen molar-refractivity contribution in [2.24, 2.45) is 0 Å². The average Bonchev–Trinajstić information content (AvgIpc) is 2.43. The van der Waals surface area contributed by atoms with Gasteiger partial charge >= 0.3 is 0 Å². The predicted molar refractivity (Wildman–Crippen MR) is 77.0 cm³/mol. The highest BCUT2D eigenvalue weighted by molar-refractivity contribution is 6.30. The van der Waals surface area contributed by atoms with Crippen molar-refractivity contribution in [2.75, 3.05) is 0 Å². The Balaban J connectivity index is 2.15. The van der Waals surface area contributed by atoms with Crippen LogP contribution < -0.4 is 4.74 Å². The SMILES string of the molecule is Cc1ccc(F)c(OC(C)C(=O)c2ccc(Cl)cc2)c1. The first kappa shape index (κ1) is 14.5. The van der Waals surface area contributed by atoms with Gasteiger partial charge in [0.25, 0.3) is 0 Å². The summed E-state index contributed by atoms with van der Waals surface area (Å²) in [5.41, 5.74) is 1.35. The smallest absolute Gasteiger partial charge is 0.202 e. The molecule has 1 atom stereocenters. The molecule has 0 radical (unpaired) electrons. The zero-order valence-corrected chi connectivity index (χ0v) is 11.9. The molecule has 0 bridgehead atoms. The first-order chi connectivity index (χ1) is 9.47. The van der Waals surface area contributed by atoms with Gasteiger partial charge < -0.3 is 4.74 Å². The number of carbonyl (C=O) groups excluding carboxylic acids is 1. The molecule has 0 aromatic heterocycles. The van der Waals surface area contributed by atoms with Crippen molar-refractivity contribution in [3.8, 4) is 5.75 Å². The van der Waals surface area contributed by atoms with Crippen LogP contribution >= 0.6 is 11.6 Å². The van der Waals surface area contributed by atoms with Crippen molar-refractivity contribution in [1.82, 2.24) is 0 Å². The number of hydrogen-bond donors (Lipinski definition) is 0. The maximum atomic E-state index is 13.6. The highest BCUT2D eigenvalue weighted by Gasteiger charge is 2.18. The molecule has 0 amide bonds. The van der Waals surface area contributed by atoms with Gasteiger partial charge in [0.15, 0.2) is 17.7 Å². The van der Waals surface area contributed by atoms with Crippen molar-refractivity contribution in [3.63, 3.8) is 0 Å². The molecular formula is C16H14ClFO2. The summed E-state index contributed by atoms with van der Waals surface area (Å²) in [5.74, 6) is -0.617. The molecule has 0 fully saturated rings. The molecule has 0 aliphatic heterocycles. The molecule has 0 aliphatic carbocycles. The number of ether oxygens (including phenoxy) is 1. The van der Waals surface area contributed by atoms with Crippen LogP contribution in [-0.2, 0) is 0 Å². The maximum absolute atomic E-state index is 13.6. The fourth-order valence-electron chi connectivity index (χ4n) is 1.79. The van der Waals surface area contributed by atoms with Crippen LogP contribution in [0.15, 0.2) is 42.5 Å². The second-order valence-corrected chi connectivity index (χ2v) is 5.00. The standard InChI is InChI=1S/C16H14ClFO2/c1-10-3-8-14(18)15(9-10)20-11(2)16(19)12-4-6-13(17)7-5-12/h3-9,11H,1-2H3. The van der Waals surface area contributed by atoms with E-state index in [9.17, 15) is 9.18 Å². The summed E-state index contributed by atoms with van der Waals surface area (Å²) in [6.07, 6.45) is -0.771. The Hall–Kier alpha value is -1.87. The molecule has 2 aromatic carbocycles. The van der Waals surface area contributed by atoms with Crippen LogP contribution in [0.5, 0.6) is 5.75 Å². The number of hydrogen-bond acceptors (Lipinski definition) is 2. The van der Waals surface area contributed by atoms with E-state index in [2.05, 4.69) is 0 Å². The van der Waals surface area contributed by atoms with Crippen LogP contribution in [0.25, 0.3) is 0 Å². The lowest BCUT2D eigenvalue weighted by Crippen LogP contribution is -2.24. The van der Waals surface area contributed by atoms with E-state index in [1.54, 1.807) is 43.3 Å². The quantitative estimate of drug-likeness (QED) is 0.779. The molecule has 1 unspecified atom stereocenters. The van der Waals surface area contributed by atoms with Gasteiger partial charge in [-0.15, -0.1) is 0 Å². The number of aryl methyl sites for hydroxylation is 1. The van der Waals surface area contributed by atoms with Crippen molar-refractivity contribution >= 4 is 17.4 Å². The normalized spacial score (nSPS) is 12.0. The average molecular weight is 293 g/mol. The third kappa shape index (κ3) is 3.36. The highest BCUT2D eigenvalue weighted by Crippen LogP contribution is 2.21. The van der Waals surface area contributed by atoms with E-state index in [1.165, 1.54) is 6.07 Å². The summed E-state index contributed by atoms with van der Waals surface area (Å²) in [5, 5.41) is 0.555. The second kappa shape index (κ2) is 6.06. The molecule has 0 spiro atoms. The molecule has 0 saturated heterocycles. The summed E-state index contributed by atoms with van der Waals surface area (Å²) in [4.78, 5) is 12.2. The van der Waals surface area contributed by atoms with Crippen LogP contribution in [0.3, 0.4) is 0 Å². The molecular weight excluding hydrogens is 279 g/mol. The van der Waals surface area contributed by atoms with Gasteiger partial charge in [-0.25, -0.2) is 4.39 Å². The first-order valence-corrected chi connectivity index (χ1v) is 6.58. The number of carbonyl (C=O) groups is 1. The highest BCUT2D eigenvalue weighted by atomic mass is 35.5. The Morgan fingerprint density at radius 2 is 1.85 bits per heavy atom. The van der Waals surface area contributed by atoms with E-state index in [1.807, 2.05) is 6.92 Å². The van der Waals surface area contributed by atoms with Gasteiger partial charge in [0.1, 0.15) is 0 Å². The molecule has 2 nitrogen and oxygen atoms in total. The minimum atomic E-state index is -0.771. The zero-order valence-electron chi connectivity index (χ0n) is 11.2. The summed E-state index contributed by atoms with van der Waals surface area (Å²) >= 11 is 5.77. The molecule has 104 valence electrons. The summed E-state index contributed by atoms with van der Waals surface area (Å²) in [7, 11) is 0. The minimum Gasteiger partial charge on any atom is -0.479 e. The predicted octanol–water partition coefficient (Wildman–Crippen LogP) is 4.44. The molecule has 20 heavy (non-hydrogen) atoms. The van der Waals surface area contributed by atoms with Gasteiger partial charge in [0, 0.05) is 10.6 Å². The number of benzene rings is 2. The zero-order chi connectivity index (χ0) is 14.7. The topological polar surface area (TPSA) is 26.3 Å². The third-order valence-corrected chi connectivity index (χ3v) is 3.14. The van der Waals surface area contributed by atoms with Crippen LogP contribution in [0.4, 0.5) is 4.39 Å². The van der Waals surface area contributed by atoms with Crippen LogP contribution in [0.1, 0.15) is 22.8 Å². The number of Topliss-reactive ketones (excluding diaryl/α,β-unsaturated/α-hetero) is 1. The fraction of sp³-hybridized carbons (Fsp3) is 0.188. The first-order valence-electron chi connectivity index (χ1n) is 6.20. The van der Waals surface area contributed by atoms with Crippen molar-refractivity contribution in [3.05, 3.63) is 64.4 Å². The maximum Gasteiger partial charge on any atom is 0.202 e. The van der Waals surface area contributed by atoms with Crippen molar-refractivity contribution in [2.45, 2.75) is 20.0 Å². The Morgan fingerprint density at radius 3 is 2.50 bits per heavy atom. The van der Waals surface area contributed by atoms with Crippen LogP contribution in [0, 0.1) is 12.7 Å². The van der Waals surface area contributed by atoms with Gasteiger partial charge in [-0.3, -0.25) is 4.79 Å². The lowest BCUT2D eigenvalue weighted by atomic mass is 10.1. The van der Waals surface area contributed by atoms with Crippen molar-refractivity contribution in [1.29, 1.82) is 0 Å². The third-order valence-electron chi connectivity index (χ3n) is 2.89. The summed E-state index contributed by atoms with van der Waals surface area (Å²) in [6, 6.07) is 11.1. The van der Waals surface area contributed by atoms with E-state index < -0.39 is 11.9 Å². The lowest BCUT2D eigenvalue weighted by molar-refractivity contribution is 0.0812. The van der Waals surface area contributed by atoms with E-state index in [0.29, 0.717) is 10.6 Å². The van der Waals surface area contributed by atoms with E-state index >= 15 is 0 Å². The van der Waals surface area contributed by atoms with Gasteiger partial charge in [-0.2, -0.15) is 0 Å². The molecule has 0 saturated carbocycles. The molecule has 0 heterocycles. The molecule has 2 aromatic rings. The van der Waals surface area contributed by atoms with Gasteiger partial charge in [0.2, 0.25) is 5.78 Å². The largest absolute Gasteiger partial charge is 0.479 e. The Labute approximate surface area is 122 Å². The lowest BCUT2D eigenvalue weighted by Gasteiger charge is -2.14. The second-order valence-electron chi connectivity index (χ2n) is 4.57. The summed E-state index contributed by atoms with van der Waals surface area (Å²) in [6.45, 7) is 3.43. The van der Waals surface area contributed by atoms with Gasteiger partial charge in [-0.1, -0.05) is 17.7 Å². The summed E-state index contributed by atoms with van der Waals surface area (Å²) < 4.78 is 19.0. The Bertz CT molecular complexity index is 623. The molecule has 0 N–H and O–H groups in total. The van der Waals surface area contributed by atoms with E-state index in [4.69, 9.17) is 16.3 Å². The molecule has 0 aliphatic rings. The van der Waals surface area contributed by atoms with Crippen LogP contribution in [0.2, 0.25) is 5.02 Å². The Morgan fingerprint density at radius 1 is 1.20 bits per heavy atom. The van der Waals surface area contributed by atoms with Gasteiger partial charge in [0.05, 0.1) is 0 Å².